The number of hydrogen-bond donors (Lipinski definition) is 1. The number of nitrogens with zero attached hydrogens (tertiary/aromatic N) is 1. The first-order valence-electron chi connectivity index (χ1n) is 4.13. The Labute approximate surface area is 89.2 Å². The van der Waals surface area contributed by atoms with Gasteiger partial charge in [0, 0.05) is 6.20 Å². The van der Waals surface area contributed by atoms with Crippen LogP contribution in [-0.4, -0.2) is 10.7 Å². The lowest BCUT2D eigenvalue weighted by Gasteiger charge is -1.97. The molecule has 3 heteroatoms. The highest BCUT2D eigenvalue weighted by atomic mass is 35.5. The maximum Gasteiger partial charge on any atom is 0.131 e. The number of rotatable bonds is 3. The minimum atomic E-state index is 0.575. The van der Waals surface area contributed by atoms with Crippen LogP contribution >= 0.6 is 24.2 Å². The average Bonchev–Trinajstić information content (AvgIpc) is 2.12. The van der Waals surface area contributed by atoms with Crippen LogP contribution in [0.1, 0.15) is 17.5 Å². The second-order valence-electron chi connectivity index (χ2n) is 2.79. The second-order valence-corrected chi connectivity index (χ2v) is 3.60. The molecule has 0 saturated carbocycles. The molecule has 0 aromatic carbocycles. The van der Waals surface area contributed by atoms with E-state index in [1.165, 1.54) is 0 Å². The van der Waals surface area contributed by atoms with E-state index < -0.39 is 0 Å². The summed E-state index contributed by atoms with van der Waals surface area (Å²) in [5, 5.41) is 0.575. The zero-order valence-corrected chi connectivity index (χ0v) is 9.15. The molecular weight excluding hydrogens is 202 g/mol. The first-order chi connectivity index (χ1) is 6.24. The van der Waals surface area contributed by atoms with E-state index in [0.29, 0.717) is 5.15 Å². The van der Waals surface area contributed by atoms with Crippen molar-refractivity contribution in [2.45, 2.75) is 13.3 Å². The zero-order valence-electron chi connectivity index (χ0n) is 7.50. The fourth-order valence-electron chi connectivity index (χ4n) is 0.965. The van der Waals surface area contributed by atoms with E-state index in [1.807, 2.05) is 19.1 Å². The Kier molecular flexibility index (Phi) is 4.33. The van der Waals surface area contributed by atoms with Gasteiger partial charge in [-0.3, -0.25) is 0 Å². The van der Waals surface area contributed by atoms with Crippen molar-refractivity contribution in [2.75, 3.05) is 5.75 Å². The summed E-state index contributed by atoms with van der Waals surface area (Å²) in [6.45, 7) is 1.95. The van der Waals surface area contributed by atoms with E-state index in [2.05, 4.69) is 23.7 Å². The van der Waals surface area contributed by atoms with Crippen LogP contribution in [0.2, 0.25) is 5.15 Å². The van der Waals surface area contributed by atoms with Crippen molar-refractivity contribution < 1.29 is 0 Å². The first-order valence-corrected chi connectivity index (χ1v) is 5.14. The summed E-state index contributed by atoms with van der Waals surface area (Å²) in [4.78, 5) is 4.05. The molecule has 0 aliphatic carbocycles. The van der Waals surface area contributed by atoms with E-state index in [4.69, 9.17) is 11.6 Å². The highest BCUT2D eigenvalue weighted by Crippen LogP contribution is 2.13. The van der Waals surface area contributed by atoms with Crippen molar-refractivity contribution in [3.8, 4) is 0 Å². The number of aryl methyl sites for hydroxylation is 1. The topological polar surface area (TPSA) is 12.9 Å². The van der Waals surface area contributed by atoms with Crippen LogP contribution in [-0.2, 0) is 0 Å². The van der Waals surface area contributed by atoms with E-state index in [1.54, 1.807) is 6.20 Å². The van der Waals surface area contributed by atoms with Gasteiger partial charge in [0.2, 0.25) is 0 Å². The molecule has 0 radical (unpaired) electrons. The van der Waals surface area contributed by atoms with Crippen molar-refractivity contribution in [3.63, 3.8) is 0 Å². The normalized spacial score (nSPS) is 11.0. The predicted molar refractivity (Wildman–Crippen MR) is 61.5 cm³/mol. The van der Waals surface area contributed by atoms with Crippen molar-refractivity contribution in [3.05, 3.63) is 34.6 Å². The maximum absolute atomic E-state index is 5.79. The molecule has 0 aliphatic heterocycles. The van der Waals surface area contributed by atoms with Crippen molar-refractivity contribution in [1.29, 1.82) is 0 Å². The fraction of sp³-hybridized carbons (Fsp3) is 0.300. The standard InChI is InChI=1S/C10H12ClNS/c1-8-6-9(4-2-3-5-13)7-12-10(8)11/h2,4,6-7,13H,3,5H2,1H3. The third kappa shape index (κ3) is 3.41. The number of hydrogen-bond acceptors (Lipinski definition) is 2. The number of aromatic nitrogens is 1. The summed E-state index contributed by atoms with van der Waals surface area (Å²) < 4.78 is 0. The minimum absolute atomic E-state index is 0.575. The van der Waals surface area contributed by atoms with Gasteiger partial charge in [-0.2, -0.15) is 12.6 Å². The molecule has 0 bridgehead atoms. The van der Waals surface area contributed by atoms with E-state index >= 15 is 0 Å². The first kappa shape index (κ1) is 10.6. The number of halogens is 1. The van der Waals surface area contributed by atoms with Crippen molar-refractivity contribution in [2.24, 2.45) is 0 Å². The molecule has 1 nitrogen and oxygen atoms in total. The Morgan fingerprint density at radius 3 is 3.00 bits per heavy atom. The SMILES string of the molecule is Cc1cc(C=CCCS)cnc1Cl. The molecule has 0 amide bonds. The molecule has 0 aliphatic rings. The zero-order chi connectivity index (χ0) is 9.68. The molecule has 0 fully saturated rings. The molecule has 0 unspecified atom stereocenters. The Bertz CT molecular complexity index is 310. The van der Waals surface area contributed by atoms with Gasteiger partial charge in [-0.15, -0.1) is 0 Å². The van der Waals surface area contributed by atoms with Crippen LogP contribution in [0, 0.1) is 6.92 Å². The summed E-state index contributed by atoms with van der Waals surface area (Å²) in [5.74, 6) is 0.872. The number of allylic oxidation sites excluding steroid dienone is 1. The Balaban J connectivity index is 2.73. The molecule has 0 spiro atoms. The third-order valence-corrected chi connectivity index (χ3v) is 2.30. The van der Waals surface area contributed by atoms with Crippen LogP contribution in [0.15, 0.2) is 18.3 Å². The van der Waals surface area contributed by atoms with Crippen LogP contribution in [0.5, 0.6) is 0 Å². The maximum atomic E-state index is 5.79. The summed E-state index contributed by atoms with van der Waals surface area (Å²) in [6, 6.07) is 2.02. The van der Waals surface area contributed by atoms with Crippen molar-refractivity contribution in [1.82, 2.24) is 4.98 Å². The van der Waals surface area contributed by atoms with Gasteiger partial charge in [-0.1, -0.05) is 23.8 Å². The molecule has 1 heterocycles. The van der Waals surface area contributed by atoms with Gasteiger partial charge in [0.05, 0.1) is 0 Å². The van der Waals surface area contributed by atoms with E-state index in [9.17, 15) is 0 Å². The third-order valence-electron chi connectivity index (χ3n) is 1.64. The molecule has 0 atom stereocenters. The van der Waals surface area contributed by atoms with E-state index in [0.717, 1.165) is 23.3 Å². The Morgan fingerprint density at radius 2 is 2.38 bits per heavy atom. The largest absolute Gasteiger partial charge is 0.244 e. The Morgan fingerprint density at radius 1 is 1.62 bits per heavy atom. The van der Waals surface area contributed by atoms with Crippen LogP contribution in [0.25, 0.3) is 6.08 Å². The summed E-state index contributed by atoms with van der Waals surface area (Å²) in [6.07, 6.45) is 6.86. The van der Waals surface area contributed by atoms with Crippen LogP contribution in [0.3, 0.4) is 0 Å². The van der Waals surface area contributed by atoms with Gasteiger partial charge >= 0.3 is 0 Å². The van der Waals surface area contributed by atoms with Crippen molar-refractivity contribution >= 4 is 30.3 Å². The summed E-state index contributed by atoms with van der Waals surface area (Å²) in [5.41, 5.74) is 2.10. The molecule has 0 N–H and O–H groups in total. The molecule has 0 saturated heterocycles. The van der Waals surface area contributed by atoms with Gasteiger partial charge in [-0.05, 0) is 36.3 Å². The lowest BCUT2D eigenvalue weighted by atomic mass is 10.2. The van der Waals surface area contributed by atoms with Gasteiger partial charge in [0.25, 0.3) is 0 Å². The molecular formula is C10H12ClNS. The van der Waals surface area contributed by atoms with Gasteiger partial charge in [0.15, 0.2) is 0 Å². The lowest BCUT2D eigenvalue weighted by molar-refractivity contribution is 1.24. The highest BCUT2D eigenvalue weighted by molar-refractivity contribution is 7.80. The van der Waals surface area contributed by atoms with Gasteiger partial charge in [-0.25, -0.2) is 4.98 Å². The Hall–Kier alpha value is -0.470. The van der Waals surface area contributed by atoms with Gasteiger partial charge in [0.1, 0.15) is 5.15 Å². The van der Waals surface area contributed by atoms with E-state index in [-0.39, 0.29) is 0 Å². The molecule has 13 heavy (non-hydrogen) atoms. The lowest BCUT2D eigenvalue weighted by Crippen LogP contribution is -1.82. The quantitative estimate of drug-likeness (QED) is 0.600. The highest BCUT2D eigenvalue weighted by Gasteiger charge is 1.95. The van der Waals surface area contributed by atoms with Crippen LogP contribution in [0.4, 0.5) is 0 Å². The average molecular weight is 214 g/mol. The molecule has 1 aromatic heterocycles. The molecule has 1 aromatic rings. The number of thiol groups is 1. The second kappa shape index (κ2) is 5.30. The molecule has 70 valence electrons. The minimum Gasteiger partial charge on any atom is -0.244 e. The smallest absolute Gasteiger partial charge is 0.131 e. The predicted octanol–water partition coefficient (Wildman–Crippen LogP) is 3.38. The molecule has 1 rings (SSSR count). The fourth-order valence-corrected chi connectivity index (χ4v) is 1.22. The monoisotopic (exact) mass is 213 g/mol. The van der Waals surface area contributed by atoms with Gasteiger partial charge < -0.3 is 0 Å². The van der Waals surface area contributed by atoms with Crippen LogP contribution < -0.4 is 0 Å². The number of pyridine rings is 1. The summed E-state index contributed by atoms with van der Waals surface area (Å²) in [7, 11) is 0. The summed E-state index contributed by atoms with van der Waals surface area (Å²) >= 11 is 9.91.